The minimum Gasteiger partial charge on any atom is -0.384 e. The van der Waals surface area contributed by atoms with E-state index in [1.54, 1.807) is 0 Å². The maximum atomic E-state index is 14.8. The summed E-state index contributed by atoms with van der Waals surface area (Å²) in [5.41, 5.74) is 4.45. The highest BCUT2D eigenvalue weighted by Crippen LogP contribution is 2.55. The maximum absolute atomic E-state index is 14.8. The lowest BCUT2D eigenvalue weighted by atomic mass is 9.64. The standard InChI is InChI=1S/C23H15F3N4O2/c24-11-4-6-16-13(8-11)23(22(32)29-16)14(10-27)21(28)30(17-7-5-12(25)9-15(17)26)18-2-1-3-19(31)20(18)23/h4-9H,1-3,28H2,(H,29,32)/t23-/m0/s1. The molecular formula is C23H15F3N4O2. The van der Waals surface area contributed by atoms with Crippen LogP contribution in [-0.4, -0.2) is 11.7 Å². The topological polar surface area (TPSA) is 99.2 Å². The van der Waals surface area contributed by atoms with E-state index in [4.69, 9.17) is 5.73 Å². The number of benzene rings is 2. The first-order chi connectivity index (χ1) is 15.3. The molecule has 9 heteroatoms. The highest BCUT2D eigenvalue weighted by atomic mass is 19.1. The molecule has 0 unspecified atom stereocenters. The van der Waals surface area contributed by atoms with Gasteiger partial charge in [-0.05, 0) is 43.2 Å². The number of Topliss-reactive ketones (excluding diaryl/α,β-unsaturated/α-hetero) is 1. The van der Waals surface area contributed by atoms with Crippen molar-refractivity contribution >= 4 is 23.1 Å². The summed E-state index contributed by atoms with van der Waals surface area (Å²) in [7, 11) is 0. The molecule has 0 bridgehead atoms. The van der Waals surface area contributed by atoms with Crippen LogP contribution in [0.4, 0.5) is 24.5 Å². The van der Waals surface area contributed by atoms with E-state index in [-0.39, 0.29) is 52.4 Å². The van der Waals surface area contributed by atoms with Crippen molar-refractivity contribution < 1.29 is 22.8 Å². The van der Waals surface area contributed by atoms with E-state index in [0.717, 1.165) is 24.3 Å². The lowest BCUT2D eigenvalue weighted by Gasteiger charge is -2.43. The van der Waals surface area contributed by atoms with Crippen LogP contribution in [0.5, 0.6) is 0 Å². The van der Waals surface area contributed by atoms with Crippen molar-refractivity contribution in [3.05, 3.63) is 82.1 Å². The molecule has 2 aromatic carbocycles. The highest BCUT2D eigenvalue weighted by Gasteiger charge is 2.60. The van der Waals surface area contributed by atoms with Crippen LogP contribution < -0.4 is 16.0 Å². The number of allylic oxidation sites excluding steroid dienone is 1. The minimum atomic E-state index is -1.95. The number of hydrogen-bond acceptors (Lipinski definition) is 5. The van der Waals surface area contributed by atoms with Gasteiger partial charge in [0.25, 0.3) is 0 Å². The first kappa shape index (κ1) is 19.9. The Labute approximate surface area is 180 Å². The number of fused-ring (bicyclic) bond motifs is 3. The van der Waals surface area contributed by atoms with Crippen LogP contribution in [0.25, 0.3) is 0 Å². The Morgan fingerprint density at radius 2 is 1.78 bits per heavy atom. The molecule has 5 rings (SSSR count). The molecule has 1 atom stereocenters. The summed E-state index contributed by atoms with van der Waals surface area (Å²) < 4.78 is 42.5. The molecule has 32 heavy (non-hydrogen) atoms. The number of ketones is 1. The minimum absolute atomic E-state index is 0.0416. The van der Waals surface area contributed by atoms with Gasteiger partial charge >= 0.3 is 0 Å². The number of carbonyl (C=O) groups excluding carboxylic acids is 2. The maximum Gasteiger partial charge on any atom is 0.245 e. The van der Waals surface area contributed by atoms with Gasteiger partial charge in [0.1, 0.15) is 34.8 Å². The summed E-state index contributed by atoms with van der Waals surface area (Å²) in [4.78, 5) is 27.8. The number of nitriles is 1. The smallest absolute Gasteiger partial charge is 0.245 e. The molecule has 1 amide bonds. The van der Waals surface area contributed by atoms with E-state index in [9.17, 15) is 28.0 Å². The molecule has 3 N–H and O–H groups in total. The van der Waals surface area contributed by atoms with Crippen molar-refractivity contribution in [2.24, 2.45) is 5.73 Å². The van der Waals surface area contributed by atoms with Gasteiger partial charge < -0.3 is 11.1 Å². The average molecular weight is 436 g/mol. The van der Waals surface area contributed by atoms with Crippen molar-refractivity contribution in [2.75, 3.05) is 10.2 Å². The van der Waals surface area contributed by atoms with Crippen LogP contribution >= 0.6 is 0 Å². The Kier molecular flexibility index (Phi) is 4.17. The van der Waals surface area contributed by atoms with E-state index in [0.29, 0.717) is 12.5 Å². The van der Waals surface area contributed by atoms with Gasteiger partial charge in [0.15, 0.2) is 5.78 Å². The average Bonchev–Trinajstić information content (AvgIpc) is 3.02. The molecule has 3 aliphatic rings. The van der Waals surface area contributed by atoms with Gasteiger partial charge in [-0.15, -0.1) is 0 Å². The number of nitrogens with zero attached hydrogens (tertiary/aromatic N) is 2. The van der Waals surface area contributed by atoms with Crippen LogP contribution in [0.15, 0.2) is 59.1 Å². The van der Waals surface area contributed by atoms with Crippen molar-refractivity contribution in [3.8, 4) is 6.07 Å². The van der Waals surface area contributed by atoms with Gasteiger partial charge in [0.2, 0.25) is 5.91 Å². The molecule has 0 saturated carbocycles. The zero-order valence-corrected chi connectivity index (χ0v) is 16.5. The lowest BCUT2D eigenvalue weighted by Crippen LogP contribution is -2.51. The van der Waals surface area contributed by atoms with Gasteiger partial charge in [-0.1, -0.05) is 0 Å². The van der Waals surface area contributed by atoms with Crippen molar-refractivity contribution in [3.63, 3.8) is 0 Å². The molecule has 2 aliphatic heterocycles. The van der Waals surface area contributed by atoms with Crippen LogP contribution in [-0.2, 0) is 15.0 Å². The molecule has 0 fully saturated rings. The second kappa shape index (κ2) is 6.72. The van der Waals surface area contributed by atoms with Gasteiger partial charge in [-0.2, -0.15) is 5.26 Å². The third-order valence-corrected chi connectivity index (χ3v) is 6.14. The fourth-order valence-electron chi connectivity index (χ4n) is 4.90. The predicted molar refractivity (Wildman–Crippen MR) is 108 cm³/mol. The largest absolute Gasteiger partial charge is 0.384 e. The third kappa shape index (κ3) is 2.40. The number of amides is 1. The number of anilines is 2. The Morgan fingerprint density at radius 1 is 1.06 bits per heavy atom. The number of rotatable bonds is 1. The molecule has 6 nitrogen and oxygen atoms in total. The van der Waals surface area contributed by atoms with E-state index in [2.05, 4.69) is 5.32 Å². The summed E-state index contributed by atoms with van der Waals surface area (Å²) in [6, 6.07) is 8.34. The van der Waals surface area contributed by atoms with Gasteiger partial charge in [0, 0.05) is 35.0 Å². The molecule has 1 spiro atoms. The highest BCUT2D eigenvalue weighted by molar-refractivity contribution is 6.19. The fourth-order valence-corrected chi connectivity index (χ4v) is 4.90. The summed E-state index contributed by atoms with van der Waals surface area (Å²) in [6.45, 7) is 0. The molecule has 0 saturated heterocycles. The van der Waals surface area contributed by atoms with Crippen LogP contribution in [0.1, 0.15) is 24.8 Å². The fraction of sp³-hybridized carbons (Fsp3) is 0.174. The zero-order chi connectivity index (χ0) is 22.8. The molecule has 1 aliphatic carbocycles. The van der Waals surface area contributed by atoms with Crippen molar-refractivity contribution in [2.45, 2.75) is 24.7 Å². The summed E-state index contributed by atoms with van der Waals surface area (Å²) in [5, 5.41) is 12.7. The number of nitrogens with one attached hydrogen (secondary N) is 1. The van der Waals surface area contributed by atoms with Crippen LogP contribution in [0.2, 0.25) is 0 Å². The molecule has 2 aromatic rings. The van der Waals surface area contributed by atoms with Crippen molar-refractivity contribution in [1.82, 2.24) is 0 Å². The van der Waals surface area contributed by atoms with Crippen LogP contribution in [0.3, 0.4) is 0 Å². The Morgan fingerprint density at radius 3 is 2.50 bits per heavy atom. The zero-order valence-electron chi connectivity index (χ0n) is 16.5. The monoisotopic (exact) mass is 436 g/mol. The quantitative estimate of drug-likeness (QED) is 0.713. The third-order valence-electron chi connectivity index (χ3n) is 6.14. The molecule has 160 valence electrons. The van der Waals surface area contributed by atoms with Crippen molar-refractivity contribution in [1.29, 1.82) is 5.26 Å². The SMILES string of the molecule is N#CC1=C(N)N(c2ccc(F)cc2F)C2=C(C(=O)CCC2)[C@@]12C(=O)Nc1ccc(F)cc12. The van der Waals surface area contributed by atoms with E-state index in [1.807, 2.05) is 6.07 Å². The van der Waals surface area contributed by atoms with Crippen LogP contribution in [0, 0.1) is 28.8 Å². The Bertz CT molecular complexity index is 1340. The molecule has 2 heterocycles. The number of nitrogens with two attached hydrogens (primary N) is 1. The molecular weight excluding hydrogens is 421 g/mol. The van der Waals surface area contributed by atoms with E-state index < -0.39 is 34.6 Å². The van der Waals surface area contributed by atoms with Gasteiger partial charge in [-0.25, -0.2) is 13.2 Å². The van der Waals surface area contributed by atoms with E-state index in [1.165, 1.54) is 11.0 Å². The number of hydrogen-bond donors (Lipinski definition) is 2. The van der Waals surface area contributed by atoms with Gasteiger partial charge in [0.05, 0.1) is 11.3 Å². The molecule has 0 aromatic heterocycles. The summed E-state index contributed by atoms with van der Waals surface area (Å²) in [6.07, 6.45) is 0.744. The first-order valence-corrected chi connectivity index (χ1v) is 9.84. The Balaban J connectivity index is 1.90. The number of halogens is 3. The van der Waals surface area contributed by atoms with E-state index >= 15 is 0 Å². The normalized spacial score (nSPS) is 22.1. The first-order valence-electron chi connectivity index (χ1n) is 9.84. The second-order valence-electron chi connectivity index (χ2n) is 7.80. The van der Waals surface area contributed by atoms with Gasteiger partial charge in [-0.3, -0.25) is 14.5 Å². The predicted octanol–water partition coefficient (Wildman–Crippen LogP) is 3.51. The molecule has 0 radical (unpaired) electrons. The summed E-state index contributed by atoms with van der Waals surface area (Å²) >= 11 is 0. The Hall–Kier alpha value is -4.06. The lowest BCUT2D eigenvalue weighted by molar-refractivity contribution is -0.122. The second-order valence-corrected chi connectivity index (χ2v) is 7.80. The number of carbonyl (C=O) groups is 2. The summed E-state index contributed by atoms with van der Waals surface area (Å²) in [5.74, 6) is -3.83.